The Bertz CT molecular complexity index is 300. The second kappa shape index (κ2) is 5.13. The second-order valence-electron chi connectivity index (χ2n) is 2.26. The summed E-state index contributed by atoms with van der Waals surface area (Å²) in [4.78, 5) is 0. The van der Waals surface area contributed by atoms with Crippen LogP contribution in [0.5, 0.6) is 11.5 Å². The van der Waals surface area contributed by atoms with E-state index in [-0.39, 0.29) is 19.0 Å². The van der Waals surface area contributed by atoms with Gasteiger partial charge in [-0.2, -0.15) is 0 Å². The quantitative estimate of drug-likeness (QED) is 0.821. The Kier molecular flexibility index (Phi) is 4.10. The predicted octanol–water partition coefficient (Wildman–Crippen LogP) is 1.25. The second-order valence-corrected chi connectivity index (χ2v) is 3.87. The van der Waals surface area contributed by atoms with Crippen LogP contribution in [-0.2, 0) is 3.07 Å². The van der Waals surface area contributed by atoms with Crippen molar-refractivity contribution in [3.8, 4) is 11.5 Å². The normalized spacial score (nSPS) is 9.92. The smallest absolute Gasteiger partial charge is 0.185 e. The number of rotatable bonds is 4. The van der Waals surface area contributed by atoms with Crippen molar-refractivity contribution in [1.82, 2.24) is 0 Å². The molecule has 0 aromatic heterocycles. The van der Waals surface area contributed by atoms with Gasteiger partial charge in [-0.1, -0.05) is 0 Å². The summed E-state index contributed by atoms with van der Waals surface area (Å²) in [7, 11) is 0. The molecular formula is C8H9IO4. The molecule has 0 aliphatic rings. The number of halogens is 1. The van der Waals surface area contributed by atoms with Crippen LogP contribution in [0.1, 0.15) is 0 Å². The molecule has 0 saturated carbocycles. The molecule has 13 heavy (non-hydrogen) atoms. The molecule has 0 aliphatic carbocycles. The van der Waals surface area contributed by atoms with Gasteiger partial charge in [-0.3, -0.25) is 3.07 Å². The monoisotopic (exact) mass is 296 g/mol. The molecule has 0 radical (unpaired) electrons. The van der Waals surface area contributed by atoms with Gasteiger partial charge < -0.3 is 14.9 Å². The van der Waals surface area contributed by atoms with Crippen LogP contribution in [0.4, 0.5) is 0 Å². The molecule has 0 unspecified atom stereocenters. The molecule has 0 saturated heterocycles. The largest absolute Gasteiger partial charge is 0.507 e. The van der Waals surface area contributed by atoms with E-state index in [1.165, 1.54) is 6.07 Å². The zero-order valence-corrected chi connectivity index (χ0v) is 8.89. The fraction of sp³-hybridized carbons (Fsp3) is 0.250. The summed E-state index contributed by atoms with van der Waals surface area (Å²) in [6.07, 6.45) is 0. The lowest BCUT2D eigenvalue weighted by Gasteiger charge is -2.04. The van der Waals surface area contributed by atoms with Crippen molar-refractivity contribution < 1.29 is 18.0 Å². The molecule has 1 aromatic carbocycles. The van der Waals surface area contributed by atoms with Crippen LogP contribution in [-0.4, -0.2) is 23.4 Å². The molecule has 5 heteroatoms. The summed E-state index contributed by atoms with van der Waals surface area (Å²) in [5.74, 6) is 0.450. The maximum absolute atomic E-state index is 10.5. The fourth-order valence-corrected chi connectivity index (χ4v) is 1.52. The Morgan fingerprint density at radius 1 is 1.46 bits per heavy atom. The highest BCUT2D eigenvalue weighted by molar-refractivity contribution is 14.1. The third-order valence-electron chi connectivity index (χ3n) is 1.36. The van der Waals surface area contributed by atoms with Gasteiger partial charge in [0.05, 0.1) is 10.2 Å². The molecule has 0 amide bonds. The maximum Gasteiger partial charge on any atom is 0.185 e. The van der Waals surface area contributed by atoms with E-state index in [1.807, 2.05) is 0 Å². The lowest BCUT2D eigenvalue weighted by molar-refractivity contribution is 0.201. The van der Waals surface area contributed by atoms with E-state index in [2.05, 4.69) is 0 Å². The third-order valence-corrected chi connectivity index (χ3v) is 2.75. The molecule has 0 aliphatic heterocycles. The minimum Gasteiger partial charge on any atom is -0.507 e. The number of aliphatic hydroxyl groups is 1. The number of hydrogen-bond acceptors (Lipinski definition) is 4. The predicted molar refractivity (Wildman–Crippen MR) is 54.1 cm³/mol. The Morgan fingerprint density at radius 2 is 2.23 bits per heavy atom. The number of phenols is 1. The summed E-state index contributed by atoms with van der Waals surface area (Å²) >= 11 is -1.34. The van der Waals surface area contributed by atoms with E-state index in [4.69, 9.17) is 9.84 Å². The minimum absolute atomic E-state index is 0.0155. The topological polar surface area (TPSA) is 66.8 Å². The van der Waals surface area contributed by atoms with E-state index < -0.39 is 21.2 Å². The molecule has 4 nitrogen and oxygen atoms in total. The maximum atomic E-state index is 10.5. The lowest BCUT2D eigenvalue weighted by atomic mass is 10.3. The minimum atomic E-state index is -1.34. The van der Waals surface area contributed by atoms with Crippen LogP contribution < -0.4 is 4.74 Å². The molecule has 0 heterocycles. The first kappa shape index (κ1) is 10.4. The third kappa shape index (κ3) is 2.92. The van der Waals surface area contributed by atoms with Gasteiger partial charge >= 0.3 is 0 Å². The fourth-order valence-electron chi connectivity index (χ4n) is 0.811. The molecule has 0 bridgehead atoms. The van der Waals surface area contributed by atoms with Gasteiger partial charge in [-0.15, -0.1) is 0 Å². The van der Waals surface area contributed by atoms with Crippen LogP contribution in [0.2, 0.25) is 0 Å². The molecule has 0 atom stereocenters. The van der Waals surface area contributed by atoms with E-state index in [9.17, 15) is 8.18 Å². The van der Waals surface area contributed by atoms with Crippen molar-refractivity contribution >= 4 is 21.2 Å². The highest BCUT2D eigenvalue weighted by Gasteiger charge is 2.02. The number of aliphatic hydroxyl groups excluding tert-OH is 1. The molecule has 1 rings (SSSR count). The number of hydrogen-bond donors (Lipinski definition) is 2. The number of phenolic OH excluding ortho intramolecular Hbond substituents is 1. The zero-order valence-electron chi connectivity index (χ0n) is 6.74. The molecule has 1 aromatic rings. The van der Waals surface area contributed by atoms with Crippen LogP contribution in [0, 0.1) is 3.57 Å². The molecule has 0 spiro atoms. The highest BCUT2D eigenvalue weighted by atomic mass is 127. The van der Waals surface area contributed by atoms with Gasteiger partial charge in [-0.25, -0.2) is 0 Å². The molecule has 2 N–H and O–H groups in total. The molecule has 0 fully saturated rings. The van der Waals surface area contributed by atoms with E-state index in [0.717, 1.165) is 0 Å². The summed E-state index contributed by atoms with van der Waals surface area (Å²) in [6.45, 7) is 0.113. The first-order valence-electron chi connectivity index (χ1n) is 3.61. The summed E-state index contributed by atoms with van der Waals surface area (Å²) in [5, 5.41) is 17.7. The first-order valence-corrected chi connectivity index (χ1v) is 5.57. The van der Waals surface area contributed by atoms with E-state index in [1.54, 1.807) is 12.1 Å². The van der Waals surface area contributed by atoms with Crippen molar-refractivity contribution in [2.45, 2.75) is 0 Å². The van der Waals surface area contributed by atoms with Crippen LogP contribution in [0.15, 0.2) is 18.2 Å². The average molecular weight is 296 g/mol. The van der Waals surface area contributed by atoms with E-state index >= 15 is 0 Å². The van der Waals surface area contributed by atoms with Crippen LogP contribution in [0.25, 0.3) is 0 Å². The van der Waals surface area contributed by atoms with Gasteiger partial charge in [-0.05, 0) is 12.1 Å². The van der Waals surface area contributed by atoms with Crippen LogP contribution in [0.3, 0.4) is 0 Å². The van der Waals surface area contributed by atoms with Gasteiger partial charge in [0.15, 0.2) is 21.2 Å². The average Bonchev–Trinajstić information content (AvgIpc) is 2.15. The van der Waals surface area contributed by atoms with Gasteiger partial charge in [0.25, 0.3) is 0 Å². The van der Waals surface area contributed by atoms with Gasteiger partial charge in [0, 0.05) is 6.07 Å². The van der Waals surface area contributed by atoms with Gasteiger partial charge in [0.1, 0.15) is 18.1 Å². The van der Waals surface area contributed by atoms with Crippen molar-refractivity contribution in [1.29, 1.82) is 0 Å². The zero-order chi connectivity index (χ0) is 9.68. The van der Waals surface area contributed by atoms with Crippen molar-refractivity contribution in [3.05, 3.63) is 21.8 Å². The Morgan fingerprint density at radius 3 is 2.77 bits per heavy atom. The summed E-state index contributed by atoms with van der Waals surface area (Å²) < 4.78 is 16.0. The van der Waals surface area contributed by atoms with Crippen molar-refractivity contribution in [3.63, 3.8) is 0 Å². The number of aromatic hydroxyl groups is 1. The number of benzene rings is 1. The van der Waals surface area contributed by atoms with Crippen molar-refractivity contribution in [2.24, 2.45) is 0 Å². The number of ether oxygens (including phenoxy) is 1. The van der Waals surface area contributed by atoms with Gasteiger partial charge in [0.2, 0.25) is 0 Å². The Labute approximate surface area is 85.8 Å². The standard InChI is InChI=1S/C8H9IO4/c10-3-4-13-6-1-2-7(9-12)8(11)5-6/h1-2,5,10-11H,3-4H2. The SMILES string of the molecule is O=Ic1ccc(OCCO)cc1O. The molecular weight excluding hydrogens is 287 g/mol. The Hall–Kier alpha value is -0.690. The molecule has 72 valence electrons. The summed E-state index contributed by atoms with van der Waals surface area (Å²) in [6, 6.07) is 4.56. The first-order chi connectivity index (χ1) is 6.27. The van der Waals surface area contributed by atoms with Crippen LogP contribution >= 0.6 is 21.2 Å². The van der Waals surface area contributed by atoms with Crippen molar-refractivity contribution in [2.75, 3.05) is 13.2 Å². The summed E-state index contributed by atoms with van der Waals surface area (Å²) in [5.41, 5.74) is 0. The lowest BCUT2D eigenvalue weighted by Crippen LogP contribution is -2.01. The van der Waals surface area contributed by atoms with E-state index in [0.29, 0.717) is 9.32 Å². The highest BCUT2D eigenvalue weighted by Crippen LogP contribution is 2.26. The Balaban J connectivity index is 2.77.